The van der Waals surface area contributed by atoms with Gasteiger partial charge in [-0.1, -0.05) is 28.9 Å². The fraction of sp³-hybridized carbons (Fsp3) is 0.278. The van der Waals surface area contributed by atoms with Gasteiger partial charge in [-0.05, 0) is 30.0 Å². The van der Waals surface area contributed by atoms with Crippen molar-refractivity contribution in [2.24, 2.45) is 0 Å². The van der Waals surface area contributed by atoms with Crippen LogP contribution in [0.1, 0.15) is 23.6 Å². The van der Waals surface area contributed by atoms with Crippen LogP contribution < -0.4 is 0 Å². The third kappa shape index (κ3) is 5.03. The van der Waals surface area contributed by atoms with E-state index in [1.807, 2.05) is 29.6 Å². The molecule has 0 N–H and O–H groups in total. The van der Waals surface area contributed by atoms with Crippen LogP contribution in [0.25, 0.3) is 10.7 Å². The van der Waals surface area contributed by atoms with E-state index in [9.17, 15) is 4.79 Å². The number of halogens is 1. The van der Waals surface area contributed by atoms with E-state index >= 15 is 0 Å². The van der Waals surface area contributed by atoms with Crippen LogP contribution in [0.5, 0.6) is 0 Å². The predicted octanol–water partition coefficient (Wildman–Crippen LogP) is 5.05. The maximum Gasteiger partial charge on any atom is 0.226 e. The summed E-state index contributed by atoms with van der Waals surface area (Å²) in [4.78, 5) is 20.7. The molecular weight excluding hydrogens is 390 g/mol. The molecular formula is C18H18ClN3O2S2. The fourth-order valence-electron chi connectivity index (χ4n) is 2.45. The Morgan fingerprint density at radius 1 is 1.38 bits per heavy atom. The number of aryl methyl sites for hydroxylation is 1. The van der Waals surface area contributed by atoms with Crippen LogP contribution in [-0.2, 0) is 17.8 Å². The highest BCUT2D eigenvalue weighted by molar-refractivity contribution is 7.16. The summed E-state index contributed by atoms with van der Waals surface area (Å²) >= 11 is 9.02. The predicted molar refractivity (Wildman–Crippen MR) is 105 cm³/mol. The van der Waals surface area contributed by atoms with E-state index in [1.54, 1.807) is 22.3 Å². The first-order chi connectivity index (χ1) is 12.7. The van der Waals surface area contributed by atoms with E-state index < -0.39 is 0 Å². The maximum atomic E-state index is 12.5. The van der Waals surface area contributed by atoms with Crippen molar-refractivity contribution in [3.05, 3.63) is 57.4 Å². The third-order valence-electron chi connectivity index (χ3n) is 3.67. The highest BCUT2D eigenvalue weighted by Crippen LogP contribution is 2.23. The molecule has 0 aliphatic heterocycles. The lowest BCUT2D eigenvalue weighted by atomic mass is 10.2. The SMILES string of the molecule is C=CCN(Cc1ccc(Cl)s1)C(=O)CCCc1nc(-c2cccs2)no1. The summed E-state index contributed by atoms with van der Waals surface area (Å²) in [5, 5.41) is 5.95. The van der Waals surface area contributed by atoms with Gasteiger partial charge in [0.2, 0.25) is 17.6 Å². The fourth-order valence-corrected chi connectivity index (χ4v) is 4.20. The molecule has 3 rings (SSSR count). The molecule has 5 nitrogen and oxygen atoms in total. The molecule has 0 saturated carbocycles. The zero-order chi connectivity index (χ0) is 18.4. The summed E-state index contributed by atoms with van der Waals surface area (Å²) < 4.78 is 5.99. The first kappa shape index (κ1) is 18.8. The highest BCUT2D eigenvalue weighted by Gasteiger charge is 2.15. The molecule has 8 heteroatoms. The Hall–Kier alpha value is -1.96. The van der Waals surface area contributed by atoms with E-state index in [1.165, 1.54) is 11.3 Å². The van der Waals surface area contributed by atoms with Crippen LogP contribution >= 0.6 is 34.3 Å². The lowest BCUT2D eigenvalue weighted by Gasteiger charge is -2.20. The van der Waals surface area contributed by atoms with Gasteiger partial charge in [0.25, 0.3) is 0 Å². The molecule has 0 fully saturated rings. The molecule has 0 atom stereocenters. The average Bonchev–Trinajstić information content (AvgIpc) is 3.35. The van der Waals surface area contributed by atoms with E-state index in [-0.39, 0.29) is 5.91 Å². The van der Waals surface area contributed by atoms with Gasteiger partial charge in [-0.3, -0.25) is 4.79 Å². The van der Waals surface area contributed by atoms with E-state index in [0.717, 1.165) is 14.1 Å². The molecule has 0 radical (unpaired) electrons. The standard InChI is InChI=1S/C18H18ClN3O2S2/c1-2-10-22(12-13-8-9-15(19)26-13)17(23)7-3-6-16-20-18(21-24-16)14-5-4-11-25-14/h2,4-5,8-9,11H,1,3,6-7,10,12H2. The number of hydrogen-bond acceptors (Lipinski definition) is 6. The largest absolute Gasteiger partial charge is 0.339 e. The first-order valence-electron chi connectivity index (χ1n) is 8.15. The minimum Gasteiger partial charge on any atom is -0.339 e. The first-order valence-corrected chi connectivity index (χ1v) is 10.2. The van der Waals surface area contributed by atoms with Gasteiger partial charge in [-0.2, -0.15) is 4.98 Å². The van der Waals surface area contributed by atoms with Crippen molar-refractivity contribution in [3.63, 3.8) is 0 Å². The molecule has 1 amide bonds. The van der Waals surface area contributed by atoms with Crippen molar-refractivity contribution in [1.82, 2.24) is 15.0 Å². The van der Waals surface area contributed by atoms with E-state index in [0.29, 0.717) is 44.1 Å². The van der Waals surface area contributed by atoms with Gasteiger partial charge in [-0.15, -0.1) is 29.3 Å². The summed E-state index contributed by atoms with van der Waals surface area (Å²) in [6.45, 7) is 4.79. The maximum absolute atomic E-state index is 12.5. The molecule has 0 saturated heterocycles. The topological polar surface area (TPSA) is 59.2 Å². The van der Waals surface area contributed by atoms with Crippen LogP contribution in [0.2, 0.25) is 4.34 Å². The van der Waals surface area contributed by atoms with Gasteiger partial charge in [0, 0.05) is 24.3 Å². The minimum absolute atomic E-state index is 0.0763. The van der Waals surface area contributed by atoms with Crippen LogP contribution in [0.3, 0.4) is 0 Å². The van der Waals surface area contributed by atoms with Crippen molar-refractivity contribution in [1.29, 1.82) is 0 Å². The Morgan fingerprint density at radius 3 is 2.96 bits per heavy atom. The summed E-state index contributed by atoms with van der Waals surface area (Å²) in [5.41, 5.74) is 0. The minimum atomic E-state index is 0.0763. The zero-order valence-electron chi connectivity index (χ0n) is 14.1. The molecule has 0 aromatic carbocycles. The Balaban J connectivity index is 1.50. The molecule has 26 heavy (non-hydrogen) atoms. The van der Waals surface area contributed by atoms with Crippen LogP contribution in [0, 0.1) is 0 Å². The van der Waals surface area contributed by atoms with E-state index in [2.05, 4.69) is 16.7 Å². The number of nitrogens with zero attached hydrogens (tertiary/aromatic N) is 3. The monoisotopic (exact) mass is 407 g/mol. The molecule has 0 spiro atoms. The Labute approximate surface area is 164 Å². The second-order valence-corrected chi connectivity index (χ2v) is 8.36. The van der Waals surface area contributed by atoms with Gasteiger partial charge < -0.3 is 9.42 Å². The molecule has 0 unspecified atom stereocenters. The molecule has 3 aromatic heterocycles. The molecule has 136 valence electrons. The van der Waals surface area contributed by atoms with E-state index in [4.69, 9.17) is 16.1 Å². The molecule has 0 bridgehead atoms. The number of aromatic nitrogens is 2. The van der Waals surface area contributed by atoms with Crippen LogP contribution in [-0.4, -0.2) is 27.5 Å². The van der Waals surface area contributed by atoms with Crippen LogP contribution in [0.4, 0.5) is 0 Å². The Morgan fingerprint density at radius 2 is 2.27 bits per heavy atom. The van der Waals surface area contributed by atoms with Gasteiger partial charge >= 0.3 is 0 Å². The number of thiophene rings is 2. The lowest BCUT2D eigenvalue weighted by molar-refractivity contribution is -0.131. The van der Waals surface area contributed by atoms with Crippen molar-refractivity contribution in [3.8, 4) is 10.7 Å². The van der Waals surface area contributed by atoms with Gasteiger partial charge in [0.05, 0.1) is 15.8 Å². The number of carbonyl (C=O) groups is 1. The summed E-state index contributed by atoms with van der Waals surface area (Å²) in [7, 11) is 0. The quantitative estimate of drug-likeness (QED) is 0.465. The molecule has 0 aliphatic carbocycles. The number of amides is 1. The second-order valence-electron chi connectivity index (χ2n) is 5.61. The van der Waals surface area contributed by atoms with Gasteiger partial charge in [-0.25, -0.2) is 0 Å². The average molecular weight is 408 g/mol. The molecule has 3 heterocycles. The van der Waals surface area contributed by atoms with Crippen molar-refractivity contribution < 1.29 is 9.32 Å². The summed E-state index contributed by atoms with van der Waals surface area (Å²) in [5.74, 6) is 1.23. The van der Waals surface area contributed by atoms with Gasteiger partial charge in [0.1, 0.15) is 0 Å². The smallest absolute Gasteiger partial charge is 0.226 e. The van der Waals surface area contributed by atoms with Crippen molar-refractivity contribution in [2.75, 3.05) is 6.54 Å². The molecule has 3 aromatic rings. The number of rotatable bonds is 9. The number of hydrogen-bond donors (Lipinski definition) is 0. The Bertz CT molecular complexity index is 858. The van der Waals surface area contributed by atoms with Crippen LogP contribution in [0.15, 0.2) is 46.8 Å². The van der Waals surface area contributed by atoms with Gasteiger partial charge in [0.15, 0.2) is 0 Å². The normalized spacial score (nSPS) is 10.8. The summed E-state index contributed by atoms with van der Waals surface area (Å²) in [6.07, 6.45) is 3.39. The van der Waals surface area contributed by atoms with Crippen molar-refractivity contribution in [2.45, 2.75) is 25.8 Å². The molecule has 0 aliphatic rings. The third-order valence-corrected chi connectivity index (χ3v) is 5.75. The Kier molecular flexibility index (Phi) is 6.60. The lowest BCUT2D eigenvalue weighted by Crippen LogP contribution is -2.30. The zero-order valence-corrected chi connectivity index (χ0v) is 16.4. The highest BCUT2D eigenvalue weighted by atomic mass is 35.5. The second kappa shape index (κ2) is 9.12. The summed E-state index contributed by atoms with van der Waals surface area (Å²) in [6, 6.07) is 7.69. The van der Waals surface area contributed by atoms with Crippen molar-refractivity contribution >= 4 is 40.2 Å². The number of carbonyl (C=O) groups excluding carboxylic acids is 1.